The van der Waals surface area contributed by atoms with Gasteiger partial charge in [-0.3, -0.25) is 4.90 Å². The molecule has 2 atom stereocenters. The Hall–Kier alpha value is -3.63. The average molecular weight is 521 g/mol. The van der Waals surface area contributed by atoms with Crippen molar-refractivity contribution < 1.29 is 22.7 Å². The number of benzene rings is 3. The molecular formula is C31H31F3N2O2. The van der Waals surface area contributed by atoms with E-state index in [0.717, 1.165) is 17.2 Å². The first kappa shape index (κ1) is 27.4. The van der Waals surface area contributed by atoms with Crippen LogP contribution in [-0.2, 0) is 4.74 Å². The van der Waals surface area contributed by atoms with E-state index in [1.54, 1.807) is 32.0 Å². The number of ether oxygens (including phenoxy) is 1. The monoisotopic (exact) mass is 520 g/mol. The molecular weight excluding hydrogens is 489 g/mol. The fourth-order valence-corrected chi connectivity index (χ4v) is 5.43. The smallest absolute Gasteiger partial charge is 0.338 e. The highest BCUT2D eigenvalue weighted by Gasteiger charge is 2.45. The highest BCUT2D eigenvalue weighted by molar-refractivity contribution is 5.89. The molecule has 0 saturated carbocycles. The van der Waals surface area contributed by atoms with Gasteiger partial charge in [0.05, 0.1) is 29.3 Å². The Bertz CT molecular complexity index is 1320. The van der Waals surface area contributed by atoms with E-state index < -0.39 is 29.2 Å². The number of carbonyl (C=O) groups excluding carboxylic acids is 1. The van der Waals surface area contributed by atoms with Gasteiger partial charge in [-0.15, -0.1) is 0 Å². The number of hydrogen-bond donors (Lipinski definition) is 0. The van der Waals surface area contributed by atoms with E-state index >= 15 is 4.39 Å². The first-order valence-electron chi connectivity index (χ1n) is 12.7. The quantitative estimate of drug-likeness (QED) is 0.302. The van der Waals surface area contributed by atoms with Gasteiger partial charge in [-0.2, -0.15) is 5.26 Å². The van der Waals surface area contributed by atoms with E-state index in [0.29, 0.717) is 29.8 Å². The number of carbonyl (C=O) groups is 1. The maximum Gasteiger partial charge on any atom is 0.338 e. The Morgan fingerprint density at radius 3 is 2.16 bits per heavy atom. The molecule has 7 heteroatoms. The van der Waals surface area contributed by atoms with Gasteiger partial charge in [0, 0.05) is 25.1 Å². The zero-order chi connectivity index (χ0) is 27.6. The van der Waals surface area contributed by atoms with Crippen molar-refractivity contribution in [2.24, 2.45) is 5.92 Å². The third-order valence-corrected chi connectivity index (χ3v) is 6.89. The minimum atomic E-state index is -1.70. The van der Waals surface area contributed by atoms with E-state index in [9.17, 15) is 18.8 Å². The van der Waals surface area contributed by atoms with Crippen molar-refractivity contribution in [2.45, 2.75) is 51.4 Å². The van der Waals surface area contributed by atoms with Crippen LogP contribution in [0.25, 0.3) is 0 Å². The fraction of sp³-hybridized carbons (Fsp3) is 0.355. The van der Waals surface area contributed by atoms with E-state index in [-0.39, 0.29) is 18.1 Å². The molecule has 0 bridgehead atoms. The molecule has 0 unspecified atom stereocenters. The topological polar surface area (TPSA) is 53.3 Å². The predicted octanol–water partition coefficient (Wildman–Crippen LogP) is 6.95. The molecule has 4 rings (SSSR count). The van der Waals surface area contributed by atoms with E-state index in [1.807, 2.05) is 30.3 Å². The summed E-state index contributed by atoms with van der Waals surface area (Å²) in [4.78, 5) is 14.5. The third-order valence-electron chi connectivity index (χ3n) is 6.89. The molecule has 3 aromatic rings. The van der Waals surface area contributed by atoms with E-state index in [2.05, 4.69) is 11.0 Å². The summed E-state index contributed by atoms with van der Waals surface area (Å²) in [6, 6.07) is 19.5. The molecule has 38 heavy (non-hydrogen) atoms. The van der Waals surface area contributed by atoms with Gasteiger partial charge >= 0.3 is 5.97 Å². The molecule has 0 amide bonds. The summed E-state index contributed by atoms with van der Waals surface area (Å²) in [5.41, 5.74) is 1.32. The van der Waals surface area contributed by atoms with Gasteiger partial charge in [-0.25, -0.2) is 18.0 Å². The van der Waals surface area contributed by atoms with Crippen LogP contribution in [0.15, 0.2) is 66.7 Å². The molecule has 1 fully saturated rings. The summed E-state index contributed by atoms with van der Waals surface area (Å²) in [7, 11) is 0. The van der Waals surface area contributed by atoms with Gasteiger partial charge < -0.3 is 4.74 Å². The molecule has 3 aromatic carbocycles. The van der Waals surface area contributed by atoms with Crippen LogP contribution in [0.4, 0.5) is 13.2 Å². The SMILES string of the molecule is CC(C)OC(=O)c1ccc([C@@H](c2cccc(C#N)c2)N2CC([C@@H](c3cc(F)cc(F)c3)C(C)(C)F)C2)cc1. The molecule has 0 N–H and O–H groups in total. The van der Waals surface area contributed by atoms with E-state index in [1.165, 1.54) is 26.0 Å². The maximum absolute atomic E-state index is 15.4. The molecule has 0 radical (unpaired) electrons. The van der Waals surface area contributed by atoms with Crippen LogP contribution in [0.2, 0.25) is 0 Å². The normalized spacial score (nSPS) is 16.0. The van der Waals surface area contributed by atoms with Gasteiger partial charge in [0.15, 0.2) is 0 Å². The number of nitriles is 1. The van der Waals surface area contributed by atoms with Gasteiger partial charge in [0.2, 0.25) is 0 Å². The number of nitrogens with zero attached hydrogens (tertiary/aromatic N) is 2. The summed E-state index contributed by atoms with van der Waals surface area (Å²) in [5, 5.41) is 9.45. The van der Waals surface area contributed by atoms with Crippen LogP contribution < -0.4 is 0 Å². The van der Waals surface area contributed by atoms with Crippen molar-refractivity contribution in [3.05, 3.63) is 106 Å². The van der Waals surface area contributed by atoms with Crippen molar-refractivity contribution in [3.63, 3.8) is 0 Å². The summed E-state index contributed by atoms with van der Waals surface area (Å²) >= 11 is 0. The van der Waals surface area contributed by atoms with Crippen molar-refractivity contribution in [1.29, 1.82) is 5.26 Å². The standard InChI is InChI=1S/C31H31F3N2O2/c1-19(2)38-30(37)22-10-8-21(9-11-22)29(23-7-5-6-20(12-23)16-35)36-17-25(18-36)28(31(3,4)34)24-13-26(32)15-27(33)14-24/h5-15,19,25,28-29H,17-18H2,1-4H3/t28-,29+/m1/s1. The minimum Gasteiger partial charge on any atom is -0.459 e. The molecule has 0 spiro atoms. The van der Waals surface area contributed by atoms with Gasteiger partial charge in [0.1, 0.15) is 17.3 Å². The van der Waals surface area contributed by atoms with Crippen molar-refractivity contribution in [1.82, 2.24) is 4.90 Å². The second-order valence-corrected chi connectivity index (χ2v) is 10.7. The molecule has 1 aliphatic rings. The second kappa shape index (κ2) is 11.0. The van der Waals surface area contributed by atoms with Crippen LogP contribution in [-0.4, -0.2) is 35.7 Å². The lowest BCUT2D eigenvalue weighted by molar-refractivity contribution is 0.00804. The first-order valence-corrected chi connectivity index (χ1v) is 12.7. The van der Waals surface area contributed by atoms with Crippen LogP contribution in [0.5, 0.6) is 0 Å². The van der Waals surface area contributed by atoms with Crippen LogP contribution in [0.1, 0.15) is 72.3 Å². The van der Waals surface area contributed by atoms with Crippen molar-refractivity contribution in [3.8, 4) is 6.07 Å². The number of alkyl halides is 1. The summed E-state index contributed by atoms with van der Waals surface area (Å²) < 4.78 is 48.7. The molecule has 1 heterocycles. The average Bonchev–Trinajstić information content (AvgIpc) is 2.81. The zero-order valence-electron chi connectivity index (χ0n) is 21.9. The van der Waals surface area contributed by atoms with Crippen LogP contribution in [0.3, 0.4) is 0 Å². The summed E-state index contributed by atoms with van der Waals surface area (Å²) in [6.45, 7) is 7.41. The highest BCUT2D eigenvalue weighted by atomic mass is 19.1. The minimum absolute atomic E-state index is 0.182. The Morgan fingerprint density at radius 1 is 0.974 bits per heavy atom. The Balaban J connectivity index is 1.64. The molecule has 4 nitrogen and oxygen atoms in total. The number of hydrogen-bond acceptors (Lipinski definition) is 4. The van der Waals surface area contributed by atoms with E-state index in [4.69, 9.17) is 4.74 Å². The highest BCUT2D eigenvalue weighted by Crippen LogP contribution is 2.45. The van der Waals surface area contributed by atoms with Crippen molar-refractivity contribution in [2.75, 3.05) is 13.1 Å². The lowest BCUT2D eigenvalue weighted by Gasteiger charge is -2.50. The summed E-state index contributed by atoms with van der Waals surface area (Å²) in [5.74, 6) is -2.75. The fourth-order valence-electron chi connectivity index (χ4n) is 5.43. The number of halogens is 3. The summed E-state index contributed by atoms with van der Waals surface area (Å²) in [6.07, 6.45) is -0.235. The Labute approximate surface area is 221 Å². The zero-order valence-corrected chi connectivity index (χ0v) is 21.9. The molecule has 1 saturated heterocycles. The van der Waals surface area contributed by atoms with Crippen molar-refractivity contribution >= 4 is 5.97 Å². The third kappa shape index (κ3) is 6.08. The van der Waals surface area contributed by atoms with Gasteiger partial charge in [0.25, 0.3) is 0 Å². The predicted molar refractivity (Wildman–Crippen MR) is 139 cm³/mol. The number of likely N-dealkylation sites (tertiary alicyclic amines) is 1. The molecule has 1 aliphatic heterocycles. The lowest BCUT2D eigenvalue weighted by Crippen LogP contribution is -2.53. The number of rotatable bonds is 8. The number of esters is 1. The Morgan fingerprint density at radius 2 is 1.61 bits per heavy atom. The van der Waals surface area contributed by atoms with Gasteiger partial charge in [-0.1, -0.05) is 24.3 Å². The maximum atomic E-state index is 15.4. The van der Waals surface area contributed by atoms with Gasteiger partial charge in [-0.05, 0) is 86.7 Å². The molecule has 0 aromatic heterocycles. The first-order chi connectivity index (χ1) is 18.0. The largest absolute Gasteiger partial charge is 0.459 e. The molecule has 198 valence electrons. The van der Waals surface area contributed by atoms with Crippen LogP contribution >= 0.6 is 0 Å². The Kier molecular flexibility index (Phi) is 7.94. The lowest BCUT2D eigenvalue weighted by atomic mass is 9.72. The van der Waals surface area contributed by atoms with Crippen LogP contribution in [0, 0.1) is 28.9 Å². The molecule has 0 aliphatic carbocycles. The second-order valence-electron chi connectivity index (χ2n) is 10.7.